The van der Waals surface area contributed by atoms with E-state index in [1.807, 2.05) is 11.0 Å². The van der Waals surface area contributed by atoms with E-state index >= 15 is 0 Å². The number of benzene rings is 2. The van der Waals surface area contributed by atoms with E-state index in [2.05, 4.69) is 81.9 Å². The van der Waals surface area contributed by atoms with Gasteiger partial charge in [-0.3, -0.25) is 9.80 Å². The number of carbonyl (C=O) groups is 1. The fraction of sp³-hybridized carbons (Fsp3) is 0.423. The molecule has 2 aromatic carbocycles. The molecule has 34 heavy (non-hydrogen) atoms. The maximum absolute atomic E-state index is 13.0. The topological polar surface area (TPSA) is 73.6 Å². The SMILES string of the molecule is C[C@H](c1ccc(Cl)cc1CI)N1NNc2ccc(C3=CCN(C(=O)C4(N)CCCC4)CC3)cc21. The van der Waals surface area contributed by atoms with Crippen LogP contribution in [0.5, 0.6) is 0 Å². The molecule has 0 bridgehead atoms. The van der Waals surface area contributed by atoms with Gasteiger partial charge >= 0.3 is 0 Å². The minimum absolute atomic E-state index is 0.117. The first-order valence-electron chi connectivity index (χ1n) is 12.0. The molecule has 4 N–H and O–H groups in total. The highest BCUT2D eigenvalue weighted by Gasteiger charge is 2.40. The Morgan fingerprint density at radius 3 is 2.74 bits per heavy atom. The minimum atomic E-state index is -0.647. The van der Waals surface area contributed by atoms with Crippen LogP contribution in [0.25, 0.3) is 5.57 Å². The molecular formula is C26H31ClIN5O. The average molecular weight is 592 g/mol. The van der Waals surface area contributed by atoms with E-state index in [0.29, 0.717) is 6.54 Å². The molecule has 180 valence electrons. The van der Waals surface area contributed by atoms with Gasteiger partial charge in [0.1, 0.15) is 0 Å². The molecule has 1 atom stereocenters. The fourth-order valence-electron chi connectivity index (χ4n) is 5.41. The lowest BCUT2D eigenvalue weighted by molar-refractivity contribution is -0.136. The van der Waals surface area contributed by atoms with E-state index < -0.39 is 5.54 Å². The zero-order valence-electron chi connectivity index (χ0n) is 19.4. The summed E-state index contributed by atoms with van der Waals surface area (Å²) in [4.78, 5) is 14.9. The first-order chi connectivity index (χ1) is 16.4. The number of nitrogens with one attached hydrogen (secondary N) is 2. The Morgan fingerprint density at radius 2 is 2.03 bits per heavy atom. The van der Waals surface area contributed by atoms with E-state index in [1.54, 1.807) is 0 Å². The zero-order chi connectivity index (χ0) is 23.9. The molecule has 0 saturated heterocycles. The van der Waals surface area contributed by atoms with Gasteiger partial charge in [-0.05, 0) is 72.7 Å². The van der Waals surface area contributed by atoms with Gasteiger partial charge in [-0.15, -0.1) is 5.53 Å². The van der Waals surface area contributed by atoms with Gasteiger partial charge in [-0.25, -0.2) is 0 Å². The zero-order valence-corrected chi connectivity index (χ0v) is 22.3. The van der Waals surface area contributed by atoms with Crippen molar-refractivity contribution in [2.24, 2.45) is 5.73 Å². The lowest BCUT2D eigenvalue weighted by Crippen LogP contribution is -2.54. The molecule has 0 radical (unpaired) electrons. The van der Waals surface area contributed by atoms with E-state index in [1.165, 1.54) is 22.3 Å². The summed E-state index contributed by atoms with van der Waals surface area (Å²) in [6.07, 6.45) is 6.76. The minimum Gasteiger partial charge on any atom is -0.337 e. The van der Waals surface area contributed by atoms with Crippen LogP contribution in [0.4, 0.5) is 11.4 Å². The Bertz CT molecular complexity index is 1130. The Kier molecular flexibility index (Phi) is 6.81. The molecule has 0 unspecified atom stereocenters. The molecular weight excluding hydrogens is 561 g/mol. The third-order valence-electron chi connectivity index (χ3n) is 7.44. The van der Waals surface area contributed by atoms with Crippen molar-refractivity contribution in [3.05, 3.63) is 64.2 Å². The number of carbonyl (C=O) groups excluding carboxylic acids is 1. The lowest BCUT2D eigenvalue weighted by atomic mass is 9.94. The van der Waals surface area contributed by atoms with Crippen LogP contribution in [0.3, 0.4) is 0 Å². The van der Waals surface area contributed by atoms with Crippen molar-refractivity contribution < 1.29 is 4.79 Å². The van der Waals surface area contributed by atoms with Crippen LogP contribution < -0.4 is 21.7 Å². The number of hydrazine groups is 2. The molecule has 5 rings (SSSR count). The molecule has 1 aliphatic carbocycles. The molecule has 1 amide bonds. The van der Waals surface area contributed by atoms with E-state index in [-0.39, 0.29) is 11.9 Å². The van der Waals surface area contributed by atoms with Crippen LogP contribution >= 0.6 is 34.2 Å². The third kappa shape index (κ3) is 4.43. The predicted molar refractivity (Wildman–Crippen MR) is 148 cm³/mol. The lowest BCUT2D eigenvalue weighted by Gasteiger charge is -2.33. The van der Waals surface area contributed by atoms with Gasteiger partial charge < -0.3 is 16.1 Å². The number of amides is 1. The van der Waals surface area contributed by atoms with Crippen LogP contribution in [0.15, 0.2) is 42.5 Å². The summed E-state index contributed by atoms with van der Waals surface area (Å²) in [6, 6.07) is 12.8. The number of rotatable bonds is 5. The van der Waals surface area contributed by atoms with Crippen molar-refractivity contribution in [2.45, 2.75) is 55.0 Å². The molecule has 0 aromatic heterocycles. The summed E-state index contributed by atoms with van der Waals surface area (Å²) < 4.78 is 0.901. The number of nitrogens with two attached hydrogens (primary N) is 1. The molecule has 1 fully saturated rings. The summed E-state index contributed by atoms with van der Waals surface area (Å²) in [5, 5.41) is 2.94. The van der Waals surface area contributed by atoms with Gasteiger partial charge in [0, 0.05) is 22.5 Å². The molecule has 2 aromatic rings. The summed E-state index contributed by atoms with van der Waals surface area (Å²) in [7, 11) is 0. The van der Waals surface area contributed by atoms with E-state index in [9.17, 15) is 4.79 Å². The van der Waals surface area contributed by atoms with Crippen molar-refractivity contribution in [1.82, 2.24) is 10.4 Å². The summed E-state index contributed by atoms with van der Waals surface area (Å²) in [5.41, 5.74) is 19.6. The molecule has 3 aliphatic rings. The Hall–Kier alpha value is -1.81. The number of nitrogens with zero attached hydrogens (tertiary/aromatic N) is 2. The largest absolute Gasteiger partial charge is 0.337 e. The first kappa shape index (κ1) is 23.9. The van der Waals surface area contributed by atoms with Crippen molar-refractivity contribution in [2.75, 3.05) is 23.5 Å². The molecule has 2 heterocycles. The first-order valence-corrected chi connectivity index (χ1v) is 13.9. The molecule has 1 saturated carbocycles. The highest BCUT2D eigenvalue weighted by Crippen LogP contribution is 2.39. The normalized spacial score (nSPS) is 20.1. The van der Waals surface area contributed by atoms with Crippen molar-refractivity contribution >= 4 is 57.0 Å². The van der Waals surface area contributed by atoms with Gasteiger partial charge in [0.25, 0.3) is 0 Å². The number of hydrogen-bond donors (Lipinski definition) is 3. The van der Waals surface area contributed by atoms with Crippen LogP contribution in [-0.2, 0) is 9.22 Å². The molecule has 0 spiro atoms. The van der Waals surface area contributed by atoms with E-state index in [0.717, 1.165) is 59.5 Å². The molecule has 8 heteroatoms. The smallest absolute Gasteiger partial charge is 0.242 e. The summed E-state index contributed by atoms with van der Waals surface area (Å²) in [5.74, 6) is 0.122. The number of hydrogen-bond acceptors (Lipinski definition) is 5. The standard InChI is InChI=1S/C26H31ClIN5O/c1-17(22-6-5-21(27)14-20(22)16-28)33-24-15-19(4-7-23(24)30-31-33)18-8-12-32(13-9-18)25(34)26(29)10-2-3-11-26/h4-8,14-15,17,30-31H,2-3,9-13,16,29H2,1H3/t17-/m1/s1. The average Bonchev–Trinajstić information content (AvgIpc) is 3.50. The molecule has 6 nitrogen and oxygen atoms in total. The van der Waals surface area contributed by atoms with Gasteiger partial charge in [-0.1, -0.05) is 65.2 Å². The van der Waals surface area contributed by atoms with Gasteiger partial charge in [0.05, 0.1) is 23.0 Å². The number of fused-ring (bicyclic) bond motifs is 1. The summed E-state index contributed by atoms with van der Waals surface area (Å²) in [6.45, 7) is 3.55. The Morgan fingerprint density at radius 1 is 1.24 bits per heavy atom. The second-order valence-corrected chi connectivity index (χ2v) is 10.8. The monoisotopic (exact) mass is 591 g/mol. The Labute approximate surface area is 220 Å². The van der Waals surface area contributed by atoms with Crippen molar-refractivity contribution in [3.63, 3.8) is 0 Å². The van der Waals surface area contributed by atoms with Gasteiger partial charge in [-0.2, -0.15) is 0 Å². The van der Waals surface area contributed by atoms with Crippen LogP contribution in [0, 0.1) is 0 Å². The van der Waals surface area contributed by atoms with Gasteiger partial charge in [0.15, 0.2) is 0 Å². The fourth-order valence-corrected chi connectivity index (χ4v) is 6.26. The van der Waals surface area contributed by atoms with E-state index in [4.69, 9.17) is 17.3 Å². The summed E-state index contributed by atoms with van der Waals surface area (Å²) >= 11 is 8.63. The second-order valence-electron chi connectivity index (χ2n) is 9.59. The number of alkyl halides is 1. The van der Waals surface area contributed by atoms with Crippen LogP contribution in [0.1, 0.15) is 61.8 Å². The van der Waals surface area contributed by atoms with Crippen LogP contribution in [-0.4, -0.2) is 29.4 Å². The predicted octanol–water partition coefficient (Wildman–Crippen LogP) is 5.57. The van der Waals surface area contributed by atoms with Crippen molar-refractivity contribution in [1.29, 1.82) is 0 Å². The second kappa shape index (κ2) is 9.68. The van der Waals surface area contributed by atoms with Gasteiger partial charge in [0.2, 0.25) is 5.91 Å². The maximum atomic E-state index is 13.0. The highest BCUT2D eigenvalue weighted by molar-refractivity contribution is 14.1. The molecule has 2 aliphatic heterocycles. The number of halogens is 2. The Balaban J connectivity index is 1.35. The van der Waals surface area contributed by atoms with Crippen molar-refractivity contribution in [3.8, 4) is 0 Å². The maximum Gasteiger partial charge on any atom is 0.242 e. The number of anilines is 2. The highest BCUT2D eigenvalue weighted by atomic mass is 127. The quantitative estimate of drug-likeness (QED) is 0.313. The van der Waals surface area contributed by atoms with Crippen LogP contribution in [0.2, 0.25) is 5.02 Å². The third-order valence-corrected chi connectivity index (χ3v) is 8.50.